The van der Waals surface area contributed by atoms with E-state index in [-0.39, 0.29) is 24.8 Å². The lowest BCUT2D eigenvalue weighted by molar-refractivity contribution is -0.138. The van der Waals surface area contributed by atoms with Crippen LogP contribution in [0.2, 0.25) is 0 Å². The Morgan fingerprint density at radius 2 is 1.75 bits per heavy atom. The van der Waals surface area contributed by atoms with Crippen LogP contribution >= 0.6 is 0 Å². The number of aryl methyl sites for hydroxylation is 1. The van der Waals surface area contributed by atoms with Gasteiger partial charge in [0.05, 0.1) is 29.9 Å². The maximum Gasteiger partial charge on any atom is 0.416 e. The molecule has 2 amide bonds. The summed E-state index contributed by atoms with van der Waals surface area (Å²) in [7, 11) is 0. The number of carbonyl (C=O) groups excluding carboxylic acids is 2. The molecule has 2 heterocycles. The van der Waals surface area contributed by atoms with Crippen molar-refractivity contribution in [3.8, 4) is 0 Å². The van der Waals surface area contributed by atoms with E-state index in [0.29, 0.717) is 23.1 Å². The minimum absolute atomic E-state index is 0.0870. The molecule has 0 aromatic heterocycles. The summed E-state index contributed by atoms with van der Waals surface area (Å²) in [5.74, 6) is -1.22. The highest BCUT2D eigenvalue weighted by Gasteiger charge is 2.51. The largest absolute Gasteiger partial charge is 0.416 e. The van der Waals surface area contributed by atoms with Gasteiger partial charge in [-0.2, -0.15) is 13.2 Å². The third kappa shape index (κ3) is 5.75. The van der Waals surface area contributed by atoms with Gasteiger partial charge < -0.3 is 15.0 Å². The van der Waals surface area contributed by atoms with Crippen LogP contribution in [0.4, 0.5) is 17.6 Å². The Hall–Kier alpha value is -3.72. The van der Waals surface area contributed by atoms with Crippen molar-refractivity contribution in [1.82, 2.24) is 10.2 Å². The maximum absolute atomic E-state index is 13.9. The van der Waals surface area contributed by atoms with Gasteiger partial charge in [0.25, 0.3) is 5.91 Å². The summed E-state index contributed by atoms with van der Waals surface area (Å²) in [5, 5.41) is 3.09. The van der Waals surface area contributed by atoms with Crippen molar-refractivity contribution in [2.75, 3.05) is 6.54 Å². The van der Waals surface area contributed by atoms with Gasteiger partial charge in [-0.1, -0.05) is 42.0 Å². The molecule has 3 unspecified atom stereocenters. The number of halogens is 4. The van der Waals surface area contributed by atoms with Gasteiger partial charge in [0.1, 0.15) is 5.82 Å². The van der Waals surface area contributed by atoms with E-state index in [0.717, 1.165) is 17.7 Å². The number of benzene rings is 3. The fourth-order valence-corrected chi connectivity index (χ4v) is 5.95. The van der Waals surface area contributed by atoms with Crippen molar-refractivity contribution in [1.29, 1.82) is 0 Å². The van der Waals surface area contributed by atoms with E-state index in [9.17, 15) is 27.2 Å². The fourth-order valence-electron chi connectivity index (χ4n) is 5.95. The smallest absolute Gasteiger partial charge is 0.368 e. The van der Waals surface area contributed by atoms with Crippen LogP contribution in [0, 0.1) is 12.7 Å². The first-order chi connectivity index (χ1) is 19.0. The lowest BCUT2D eigenvalue weighted by Crippen LogP contribution is -2.56. The van der Waals surface area contributed by atoms with E-state index < -0.39 is 47.8 Å². The van der Waals surface area contributed by atoms with E-state index in [4.69, 9.17) is 4.74 Å². The predicted molar refractivity (Wildman–Crippen MR) is 141 cm³/mol. The first kappa shape index (κ1) is 27.8. The Bertz CT molecular complexity index is 1380. The van der Waals surface area contributed by atoms with Crippen molar-refractivity contribution in [2.24, 2.45) is 0 Å². The summed E-state index contributed by atoms with van der Waals surface area (Å²) >= 11 is 0. The number of rotatable bonds is 6. The minimum atomic E-state index is -4.50. The van der Waals surface area contributed by atoms with Crippen molar-refractivity contribution in [3.05, 3.63) is 106 Å². The average Bonchev–Trinajstić information content (AvgIpc) is 3.30. The number of alkyl halides is 3. The second kappa shape index (κ2) is 11.0. The first-order valence-electron chi connectivity index (χ1n) is 13.3. The molecule has 2 saturated heterocycles. The van der Waals surface area contributed by atoms with Crippen LogP contribution in [-0.4, -0.2) is 41.4 Å². The number of nitrogens with one attached hydrogen (secondary N) is 1. The van der Waals surface area contributed by atoms with Crippen LogP contribution in [0.25, 0.3) is 0 Å². The Labute approximate surface area is 230 Å². The zero-order valence-corrected chi connectivity index (χ0v) is 22.1. The number of amides is 2. The Morgan fingerprint density at radius 1 is 1.05 bits per heavy atom. The van der Waals surface area contributed by atoms with E-state index in [1.165, 1.54) is 12.1 Å². The monoisotopic (exact) mass is 554 g/mol. The molecular formula is C31H30F4N2O3. The Kier molecular flexibility index (Phi) is 7.68. The quantitative estimate of drug-likeness (QED) is 0.370. The molecule has 0 bridgehead atoms. The van der Waals surface area contributed by atoms with Crippen molar-refractivity contribution >= 4 is 11.8 Å². The van der Waals surface area contributed by atoms with Gasteiger partial charge in [-0.15, -0.1) is 0 Å². The molecule has 210 valence electrons. The van der Waals surface area contributed by atoms with E-state index in [1.807, 2.05) is 6.07 Å². The molecule has 0 radical (unpaired) electrons. The van der Waals surface area contributed by atoms with Crippen LogP contribution < -0.4 is 5.32 Å². The molecular weight excluding hydrogens is 524 g/mol. The van der Waals surface area contributed by atoms with Gasteiger partial charge in [0.2, 0.25) is 5.91 Å². The highest BCUT2D eigenvalue weighted by Crippen LogP contribution is 2.43. The van der Waals surface area contributed by atoms with Crippen molar-refractivity contribution in [2.45, 2.75) is 63.1 Å². The molecule has 3 aromatic carbocycles. The Morgan fingerprint density at radius 3 is 2.42 bits per heavy atom. The second-order valence-corrected chi connectivity index (χ2v) is 10.5. The highest BCUT2D eigenvalue weighted by molar-refractivity contribution is 5.94. The number of fused-ring (bicyclic) bond motifs is 1. The van der Waals surface area contributed by atoms with Gasteiger partial charge in [-0.05, 0) is 67.8 Å². The topological polar surface area (TPSA) is 58.6 Å². The fraction of sp³-hybridized carbons (Fsp3) is 0.355. The van der Waals surface area contributed by atoms with Crippen LogP contribution in [0.5, 0.6) is 0 Å². The molecule has 1 N–H and O–H groups in total. The van der Waals surface area contributed by atoms with Crippen molar-refractivity contribution < 1.29 is 31.9 Å². The molecule has 0 saturated carbocycles. The molecule has 5 nitrogen and oxygen atoms in total. The molecule has 3 aromatic rings. The minimum Gasteiger partial charge on any atom is -0.368 e. The zero-order chi connectivity index (χ0) is 28.6. The highest BCUT2D eigenvalue weighted by atomic mass is 19.4. The number of nitrogens with zero attached hydrogens (tertiary/aromatic N) is 1. The molecule has 2 aliphatic rings. The van der Waals surface area contributed by atoms with Gasteiger partial charge >= 0.3 is 6.18 Å². The van der Waals surface area contributed by atoms with Crippen LogP contribution in [0.15, 0.2) is 72.8 Å². The third-order valence-electron chi connectivity index (χ3n) is 7.79. The summed E-state index contributed by atoms with van der Waals surface area (Å²) < 4.78 is 60.8. The lowest BCUT2D eigenvalue weighted by Gasteiger charge is -2.39. The molecule has 5 atom stereocenters. The van der Waals surface area contributed by atoms with Gasteiger partial charge in [0.15, 0.2) is 0 Å². The van der Waals surface area contributed by atoms with Crippen LogP contribution in [-0.2, 0) is 15.7 Å². The number of hydrogen-bond acceptors (Lipinski definition) is 3. The van der Waals surface area contributed by atoms with E-state index in [2.05, 4.69) is 5.32 Å². The van der Waals surface area contributed by atoms with Crippen LogP contribution in [0.1, 0.15) is 64.4 Å². The van der Waals surface area contributed by atoms with E-state index >= 15 is 0 Å². The summed E-state index contributed by atoms with van der Waals surface area (Å²) in [4.78, 5) is 27.9. The number of carbonyl (C=O) groups is 2. The predicted octanol–water partition coefficient (Wildman–Crippen LogP) is 6.19. The van der Waals surface area contributed by atoms with Gasteiger partial charge in [0, 0.05) is 24.4 Å². The number of piperidine rings is 1. The molecule has 2 fully saturated rings. The second-order valence-electron chi connectivity index (χ2n) is 10.5. The third-order valence-corrected chi connectivity index (χ3v) is 7.79. The maximum atomic E-state index is 13.9. The molecule has 0 aliphatic carbocycles. The normalized spacial score (nSPS) is 23.6. The first-order valence-corrected chi connectivity index (χ1v) is 13.3. The number of hydrogen-bond donors (Lipinski definition) is 1. The summed E-state index contributed by atoms with van der Waals surface area (Å²) in [6, 6.07) is 17.6. The zero-order valence-electron chi connectivity index (χ0n) is 22.1. The molecule has 40 heavy (non-hydrogen) atoms. The van der Waals surface area contributed by atoms with Gasteiger partial charge in [-0.3, -0.25) is 9.59 Å². The average molecular weight is 555 g/mol. The summed E-state index contributed by atoms with van der Waals surface area (Å²) in [6.45, 7) is 3.48. The SMILES string of the molecule is Cc1cc([C@@H](C)O[C@H]2CN3C(=O)CCC(NC(=O)c4ccccc4)C3C2c2ccc(F)cc2)cc(C(F)(F)F)c1. The van der Waals surface area contributed by atoms with Crippen LogP contribution in [0.3, 0.4) is 0 Å². The van der Waals surface area contributed by atoms with Gasteiger partial charge in [-0.25, -0.2) is 4.39 Å². The van der Waals surface area contributed by atoms with E-state index in [1.54, 1.807) is 61.2 Å². The molecule has 2 aliphatic heterocycles. The van der Waals surface area contributed by atoms with Crippen molar-refractivity contribution in [3.63, 3.8) is 0 Å². The summed E-state index contributed by atoms with van der Waals surface area (Å²) in [5.41, 5.74) is 1.28. The standard InChI is InChI=1S/C31H30F4N2O3/c1-18-14-22(16-23(15-18)31(33,34)35)19(2)40-26-17-37-27(38)13-12-25(36-30(39)21-6-4-3-5-7-21)29(37)28(26)20-8-10-24(32)11-9-20/h3-11,14-16,19,25-26,28-29H,12-13,17H2,1-2H3,(H,36,39)/t19-,25?,26+,28?,29?/m1/s1. The molecule has 0 spiro atoms. The molecule has 9 heteroatoms. The molecule has 5 rings (SSSR count). The lowest BCUT2D eigenvalue weighted by atomic mass is 9.82. The number of ether oxygens (including phenoxy) is 1. The Balaban J connectivity index is 1.47. The summed E-state index contributed by atoms with van der Waals surface area (Å²) in [6.07, 6.45) is -5.16.